The highest BCUT2D eigenvalue weighted by atomic mass is 19.2. The van der Waals surface area contributed by atoms with E-state index in [0.717, 1.165) is 18.8 Å². The molecule has 0 N–H and O–H groups in total. The summed E-state index contributed by atoms with van der Waals surface area (Å²) < 4.78 is 89.1. The van der Waals surface area contributed by atoms with Crippen molar-refractivity contribution in [3.05, 3.63) is 58.7 Å². The van der Waals surface area contributed by atoms with Gasteiger partial charge in [0.1, 0.15) is 5.75 Å². The molecule has 0 amide bonds. The lowest BCUT2D eigenvalue weighted by molar-refractivity contribution is 0.157. The van der Waals surface area contributed by atoms with Crippen LogP contribution in [-0.2, 0) is 0 Å². The Morgan fingerprint density at radius 1 is 0.758 bits per heavy atom. The molecule has 33 heavy (non-hydrogen) atoms. The Labute approximate surface area is 190 Å². The van der Waals surface area contributed by atoms with Crippen molar-refractivity contribution in [3.63, 3.8) is 0 Å². The van der Waals surface area contributed by atoms with E-state index in [1.807, 2.05) is 0 Å². The molecule has 0 atom stereocenters. The average Bonchev–Trinajstić information content (AvgIpc) is 2.81. The normalized spacial score (nSPS) is 25.8. The smallest absolute Gasteiger partial charge is 0.194 e. The summed E-state index contributed by atoms with van der Waals surface area (Å²) in [6, 6.07) is 2.69. The zero-order valence-electron chi connectivity index (χ0n) is 18.5. The monoisotopic (exact) mass is 469 g/mol. The highest BCUT2D eigenvalue weighted by molar-refractivity contribution is 5.43. The third-order valence-corrected chi connectivity index (χ3v) is 7.59. The van der Waals surface area contributed by atoms with E-state index in [-0.39, 0.29) is 5.56 Å². The molecule has 2 aliphatic rings. The molecule has 1 radical (unpaired) electrons. The Balaban J connectivity index is 1.54. The van der Waals surface area contributed by atoms with Crippen LogP contribution in [0.2, 0.25) is 0 Å². The lowest BCUT2D eigenvalue weighted by Gasteiger charge is -2.38. The molecule has 0 saturated heterocycles. The number of rotatable bonds is 5. The largest absolute Gasteiger partial charge is 0.454 e. The van der Waals surface area contributed by atoms with Crippen molar-refractivity contribution in [1.82, 2.24) is 0 Å². The van der Waals surface area contributed by atoms with E-state index in [1.54, 1.807) is 6.07 Å². The van der Waals surface area contributed by atoms with E-state index in [4.69, 9.17) is 4.74 Å². The van der Waals surface area contributed by atoms with Gasteiger partial charge in [-0.05, 0) is 62.2 Å². The molecule has 179 valence electrons. The molecule has 0 unspecified atom stereocenters. The fourth-order valence-electron chi connectivity index (χ4n) is 5.66. The molecule has 2 saturated carbocycles. The van der Waals surface area contributed by atoms with Crippen LogP contribution >= 0.6 is 0 Å². The second-order valence-corrected chi connectivity index (χ2v) is 9.41. The molecule has 0 spiro atoms. The van der Waals surface area contributed by atoms with Crippen molar-refractivity contribution in [3.8, 4) is 11.5 Å². The average molecular weight is 469 g/mol. The lowest BCUT2D eigenvalue weighted by atomic mass is 9.68. The van der Waals surface area contributed by atoms with Gasteiger partial charge >= 0.3 is 0 Å². The van der Waals surface area contributed by atoms with Crippen molar-refractivity contribution < 1.29 is 31.1 Å². The van der Waals surface area contributed by atoms with Gasteiger partial charge in [-0.3, -0.25) is 0 Å². The van der Waals surface area contributed by atoms with Gasteiger partial charge in [0.2, 0.25) is 0 Å². The molecule has 2 aliphatic carbocycles. The third kappa shape index (κ3) is 5.02. The Morgan fingerprint density at radius 2 is 1.30 bits per heavy atom. The molecular formula is C26H27F6O. The zero-order chi connectivity index (χ0) is 23.7. The maximum absolute atomic E-state index is 14.8. The van der Waals surface area contributed by atoms with Crippen molar-refractivity contribution in [2.75, 3.05) is 0 Å². The van der Waals surface area contributed by atoms with Crippen LogP contribution in [0.25, 0.3) is 0 Å². The first kappa shape index (κ1) is 24.0. The summed E-state index contributed by atoms with van der Waals surface area (Å²) >= 11 is 0. The van der Waals surface area contributed by atoms with Gasteiger partial charge in [-0.25, -0.2) is 26.3 Å². The van der Waals surface area contributed by atoms with E-state index in [9.17, 15) is 26.3 Å². The van der Waals surface area contributed by atoms with E-state index in [1.165, 1.54) is 32.1 Å². The summed E-state index contributed by atoms with van der Waals surface area (Å²) in [5, 5.41) is 0. The van der Waals surface area contributed by atoms with E-state index < -0.39 is 52.3 Å². The number of hydrogen-bond acceptors (Lipinski definition) is 1. The first-order chi connectivity index (χ1) is 15.8. The fourth-order valence-corrected chi connectivity index (χ4v) is 5.66. The van der Waals surface area contributed by atoms with Crippen molar-refractivity contribution in [2.45, 2.75) is 70.6 Å². The number of ether oxygens (including phenoxy) is 1. The van der Waals surface area contributed by atoms with Gasteiger partial charge in [0, 0.05) is 17.7 Å². The third-order valence-electron chi connectivity index (χ3n) is 7.59. The molecule has 2 aromatic carbocycles. The maximum Gasteiger partial charge on any atom is 0.194 e. The van der Waals surface area contributed by atoms with E-state index >= 15 is 0 Å². The first-order valence-corrected chi connectivity index (χ1v) is 11.7. The predicted octanol–water partition coefficient (Wildman–Crippen LogP) is 8.60. The molecule has 4 rings (SSSR count). The van der Waals surface area contributed by atoms with Gasteiger partial charge < -0.3 is 4.74 Å². The molecular weight excluding hydrogens is 442 g/mol. The SMILES string of the molecule is CC[C@H]1CC[C@H](C2CCC(c3c(F)c(F)[c]c(F)c3Oc3cc(F)c(F)c(F)c3)CC2)CC1. The van der Waals surface area contributed by atoms with Crippen LogP contribution in [0.1, 0.15) is 76.2 Å². The summed E-state index contributed by atoms with van der Waals surface area (Å²) in [6.07, 6.45) is 8.70. The Kier molecular flexibility index (Phi) is 7.25. The van der Waals surface area contributed by atoms with Crippen LogP contribution in [0.15, 0.2) is 12.1 Å². The summed E-state index contributed by atoms with van der Waals surface area (Å²) in [4.78, 5) is 0. The lowest BCUT2D eigenvalue weighted by Crippen LogP contribution is -2.25. The van der Waals surface area contributed by atoms with Crippen LogP contribution in [0, 0.1) is 58.7 Å². The van der Waals surface area contributed by atoms with Crippen molar-refractivity contribution in [1.29, 1.82) is 0 Å². The molecule has 2 fully saturated rings. The molecule has 0 bridgehead atoms. The topological polar surface area (TPSA) is 9.23 Å². The Bertz CT molecular complexity index is 968. The molecule has 0 aromatic heterocycles. The standard InChI is InChI=1S/C26H27F6O/c1-2-14-3-5-15(6-4-14)16-7-9-17(10-8-16)23-25(32)21(29)13-22(30)26(23)33-18-11-19(27)24(31)20(28)12-18/h11-12,14-17H,2-10H2,1H3/t14-,15-,16?,17?. The minimum absolute atomic E-state index is 0.290. The summed E-state index contributed by atoms with van der Waals surface area (Å²) in [5.74, 6) is -8.61. The van der Waals surface area contributed by atoms with E-state index in [2.05, 4.69) is 6.92 Å². The van der Waals surface area contributed by atoms with Gasteiger partial charge in [-0.2, -0.15) is 0 Å². The predicted molar refractivity (Wildman–Crippen MR) is 112 cm³/mol. The van der Waals surface area contributed by atoms with E-state index in [0.29, 0.717) is 36.8 Å². The quantitative estimate of drug-likeness (QED) is 0.242. The van der Waals surface area contributed by atoms with Gasteiger partial charge in [-0.15, -0.1) is 0 Å². The number of benzene rings is 2. The molecule has 7 heteroatoms. The number of halogens is 6. The van der Waals surface area contributed by atoms with Crippen LogP contribution in [0.3, 0.4) is 0 Å². The Morgan fingerprint density at radius 3 is 1.85 bits per heavy atom. The van der Waals surface area contributed by atoms with Gasteiger partial charge in [0.05, 0.1) is 6.07 Å². The van der Waals surface area contributed by atoms with Crippen LogP contribution < -0.4 is 4.74 Å². The van der Waals surface area contributed by atoms with Crippen molar-refractivity contribution >= 4 is 0 Å². The number of hydrogen-bond donors (Lipinski definition) is 0. The van der Waals surface area contributed by atoms with Gasteiger partial charge in [-0.1, -0.05) is 26.2 Å². The molecule has 0 aliphatic heterocycles. The van der Waals surface area contributed by atoms with Crippen LogP contribution in [-0.4, -0.2) is 0 Å². The molecule has 1 nitrogen and oxygen atoms in total. The first-order valence-electron chi connectivity index (χ1n) is 11.7. The molecule has 2 aromatic rings. The zero-order valence-corrected chi connectivity index (χ0v) is 18.5. The minimum Gasteiger partial charge on any atom is -0.454 e. The minimum atomic E-state index is -1.70. The second kappa shape index (κ2) is 9.98. The molecule has 0 heterocycles. The summed E-state index contributed by atoms with van der Waals surface area (Å²) in [6.45, 7) is 2.22. The van der Waals surface area contributed by atoms with Gasteiger partial charge in [0.15, 0.2) is 40.7 Å². The Hall–Kier alpha value is -2.18. The summed E-state index contributed by atoms with van der Waals surface area (Å²) in [7, 11) is 0. The van der Waals surface area contributed by atoms with Crippen LogP contribution in [0.4, 0.5) is 26.3 Å². The second-order valence-electron chi connectivity index (χ2n) is 9.41. The fraction of sp³-hybridized carbons (Fsp3) is 0.538. The van der Waals surface area contributed by atoms with Crippen molar-refractivity contribution in [2.24, 2.45) is 17.8 Å². The summed E-state index contributed by atoms with van der Waals surface area (Å²) in [5.41, 5.74) is -0.290. The van der Waals surface area contributed by atoms with Gasteiger partial charge in [0.25, 0.3) is 0 Å². The highest BCUT2D eigenvalue weighted by Crippen LogP contribution is 2.47. The maximum atomic E-state index is 14.8. The highest BCUT2D eigenvalue weighted by Gasteiger charge is 2.34. The van der Waals surface area contributed by atoms with Crippen LogP contribution in [0.5, 0.6) is 11.5 Å².